The van der Waals surface area contributed by atoms with Gasteiger partial charge in [0.15, 0.2) is 0 Å². The predicted octanol–water partition coefficient (Wildman–Crippen LogP) is 2.12. The third-order valence-electron chi connectivity index (χ3n) is 5.26. The number of rotatable bonds is 4. The normalized spacial score (nSPS) is 18.9. The zero-order chi connectivity index (χ0) is 17.2. The first-order chi connectivity index (χ1) is 12.2. The maximum absolute atomic E-state index is 12.2. The first-order valence-corrected chi connectivity index (χ1v) is 9.85. The molecule has 2 aromatic rings. The molecule has 134 valence electrons. The minimum Gasteiger partial charge on any atom is -0.346 e. The highest BCUT2D eigenvalue weighted by Crippen LogP contribution is 2.26. The lowest BCUT2D eigenvalue weighted by Gasteiger charge is -2.36. The van der Waals surface area contributed by atoms with Gasteiger partial charge < -0.3 is 5.32 Å². The lowest BCUT2D eigenvalue weighted by atomic mass is 9.94. The molecule has 1 aliphatic carbocycles. The SMILES string of the molecule is Cc1nnsc1C(=O)NCc1cc2n(n1)CCN(C1CCCCC1)C2. The van der Waals surface area contributed by atoms with Gasteiger partial charge in [-0.05, 0) is 37.4 Å². The number of aromatic nitrogens is 4. The van der Waals surface area contributed by atoms with E-state index in [4.69, 9.17) is 0 Å². The predicted molar refractivity (Wildman–Crippen MR) is 95.3 cm³/mol. The van der Waals surface area contributed by atoms with Crippen molar-refractivity contribution in [3.05, 3.63) is 28.0 Å². The summed E-state index contributed by atoms with van der Waals surface area (Å²) in [6.45, 7) is 5.24. The average Bonchev–Trinajstić information content (AvgIpc) is 3.25. The Kier molecular flexibility index (Phi) is 4.80. The van der Waals surface area contributed by atoms with Crippen LogP contribution in [0.4, 0.5) is 0 Å². The second-order valence-corrected chi connectivity index (χ2v) is 7.74. The maximum atomic E-state index is 12.2. The van der Waals surface area contributed by atoms with E-state index in [1.54, 1.807) is 6.92 Å². The van der Waals surface area contributed by atoms with Crippen LogP contribution in [0, 0.1) is 6.92 Å². The van der Waals surface area contributed by atoms with Crippen molar-refractivity contribution in [2.45, 2.75) is 64.7 Å². The molecular formula is C17H24N6OS. The van der Waals surface area contributed by atoms with Gasteiger partial charge >= 0.3 is 0 Å². The summed E-state index contributed by atoms with van der Waals surface area (Å²) in [7, 11) is 0. The molecule has 1 amide bonds. The Labute approximate surface area is 151 Å². The molecule has 7 nitrogen and oxygen atoms in total. The Bertz CT molecular complexity index is 748. The van der Waals surface area contributed by atoms with Crippen LogP contribution in [-0.4, -0.2) is 42.8 Å². The number of hydrogen-bond donors (Lipinski definition) is 1. The van der Waals surface area contributed by atoms with Gasteiger partial charge in [0, 0.05) is 19.1 Å². The van der Waals surface area contributed by atoms with E-state index in [9.17, 15) is 4.79 Å². The zero-order valence-corrected chi connectivity index (χ0v) is 15.4. The Morgan fingerprint density at radius 1 is 1.32 bits per heavy atom. The summed E-state index contributed by atoms with van der Waals surface area (Å²) >= 11 is 1.13. The monoisotopic (exact) mass is 360 g/mol. The fourth-order valence-corrected chi connectivity index (χ4v) is 4.45. The molecule has 25 heavy (non-hydrogen) atoms. The second-order valence-electron chi connectivity index (χ2n) is 6.98. The number of amides is 1. The molecule has 0 aromatic carbocycles. The average molecular weight is 360 g/mol. The van der Waals surface area contributed by atoms with Gasteiger partial charge in [0.25, 0.3) is 5.91 Å². The number of hydrogen-bond acceptors (Lipinski definition) is 6. The van der Waals surface area contributed by atoms with E-state index in [0.29, 0.717) is 17.1 Å². The van der Waals surface area contributed by atoms with Gasteiger partial charge in [0.05, 0.1) is 30.2 Å². The molecule has 1 saturated carbocycles. The molecule has 2 aromatic heterocycles. The molecule has 0 unspecified atom stereocenters. The summed E-state index contributed by atoms with van der Waals surface area (Å²) in [5.74, 6) is -0.123. The molecule has 0 spiro atoms. The maximum Gasteiger partial charge on any atom is 0.265 e. The van der Waals surface area contributed by atoms with E-state index in [2.05, 4.69) is 35.7 Å². The summed E-state index contributed by atoms with van der Waals surface area (Å²) in [5, 5.41) is 11.5. The molecule has 8 heteroatoms. The first kappa shape index (κ1) is 16.7. The van der Waals surface area contributed by atoms with Crippen molar-refractivity contribution in [1.82, 2.24) is 29.6 Å². The van der Waals surface area contributed by atoms with Gasteiger partial charge in [-0.3, -0.25) is 14.4 Å². The van der Waals surface area contributed by atoms with Crippen LogP contribution in [0.1, 0.15) is 58.9 Å². The number of nitrogens with one attached hydrogen (secondary N) is 1. The summed E-state index contributed by atoms with van der Waals surface area (Å²) in [6, 6.07) is 2.87. The van der Waals surface area contributed by atoms with Gasteiger partial charge in [0.1, 0.15) is 4.88 Å². The van der Waals surface area contributed by atoms with Crippen LogP contribution in [0.5, 0.6) is 0 Å². The number of aryl methyl sites for hydroxylation is 1. The van der Waals surface area contributed by atoms with Gasteiger partial charge in [-0.2, -0.15) is 5.10 Å². The lowest BCUT2D eigenvalue weighted by Crippen LogP contribution is -2.42. The minimum atomic E-state index is -0.123. The van der Waals surface area contributed by atoms with Crippen LogP contribution < -0.4 is 5.32 Å². The van der Waals surface area contributed by atoms with Crippen molar-refractivity contribution in [3.63, 3.8) is 0 Å². The highest BCUT2D eigenvalue weighted by Gasteiger charge is 2.26. The molecule has 1 aliphatic heterocycles. The van der Waals surface area contributed by atoms with Crippen molar-refractivity contribution in [2.24, 2.45) is 0 Å². The van der Waals surface area contributed by atoms with Crippen LogP contribution in [0.2, 0.25) is 0 Å². The molecule has 4 rings (SSSR count). The third kappa shape index (κ3) is 3.59. The summed E-state index contributed by atoms with van der Waals surface area (Å²) in [5.41, 5.74) is 2.86. The van der Waals surface area contributed by atoms with E-state index in [1.165, 1.54) is 37.8 Å². The molecule has 1 N–H and O–H groups in total. The molecule has 0 saturated heterocycles. The fraction of sp³-hybridized carbons (Fsp3) is 0.647. The van der Waals surface area contributed by atoms with Crippen molar-refractivity contribution in [3.8, 4) is 0 Å². The highest BCUT2D eigenvalue weighted by molar-refractivity contribution is 7.07. The van der Waals surface area contributed by atoms with Crippen molar-refractivity contribution < 1.29 is 4.79 Å². The molecule has 1 fully saturated rings. The molecule has 2 aliphatic rings. The van der Waals surface area contributed by atoms with Gasteiger partial charge in [-0.25, -0.2) is 0 Å². The van der Waals surface area contributed by atoms with E-state index in [-0.39, 0.29) is 5.91 Å². The van der Waals surface area contributed by atoms with E-state index in [1.807, 2.05) is 0 Å². The van der Waals surface area contributed by atoms with E-state index >= 15 is 0 Å². The standard InChI is InChI=1S/C17H24N6OS/c1-12-16(25-21-19-12)17(24)18-10-13-9-15-11-22(7-8-23(15)20-13)14-5-3-2-4-6-14/h9,14H,2-8,10-11H2,1H3,(H,18,24). The second kappa shape index (κ2) is 7.21. The number of carbonyl (C=O) groups excluding carboxylic acids is 1. The Hall–Kier alpha value is -1.80. The van der Waals surface area contributed by atoms with Crippen LogP contribution >= 0.6 is 11.5 Å². The Morgan fingerprint density at radius 2 is 2.16 bits per heavy atom. The summed E-state index contributed by atoms with van der Waals surface area (Å²) in [4.78, 5) is 15.4. The molecule has 0 radical (unpaired) electrons. The largest absolute Gasteiger partial charge is 0.346 e. The zero-order valence-electron chi connectivity index (χ0n) is 14.6. The van der Waals surface area contributed by atoms with E-state index in [0.717, 1.165) is 42.9 Å². The number of carbonyl (C=O) groups is 1. The number of fused-ring (bicyclic) bond motifs is 1. The van der Waals surface area contributed by atoms with Crippen molar-refractivity contribution >= 4 is 17.4 Å². The quantitative estimate of drug-likeness (QED) is 0.904. The molecule has 3 heterocycles. The fourth-order valence-electron chi connectivity index (χ4n) is 3.88. The third-order valence-corrected chi connectivity index (χ3v) is 6.08. The van der Waals surface area contributed by atoms with Crippen LogP contribution in [0.3, 0.4) is 0 Å². The topological polar surface area (TPSA) is 75.9 Å². The van der Waals surface area contributed by atoms with Crippen LogP contribution in [0.25, 0.3) is 0 Å². The lowest BCUT2D eigenvalue weighted by molar-refractivity contribution is 0.0953. The van der Waals surface area contributed by atoms with Gasteiger partial charge in [-0.15, -0.1) is 5.10 Å². The van der Waals surface area contributed by atoms with Crippen LogP contribution in [-0.2, 0) is 19.6 Å². The molecule has 0 bridgehead atoms. The highest BCUT2D eigenvalue weighted by atomic mass is 32.1. The molecular weight excluding hydrogens is 336 g/mol. The van der Waals surface area contributed by atoms with Gasteiger partial charge in [0.2, 0.25) is 0 Å². The Balaban J connectivity index is 1.37. The smallest absolute Gasteiger partial charge is 0.265 e. The Morgan fingerprint density at radius 3 is 2.92 bits per heavy atom. The first-order valence-electron chi connectivity index (χ1n) is 9.07. The van der Waals surface area contributed by atoms with Crippen molar-refractivity contribution in [2.75, 3.05) is 6.54 Å². The molecule has 0 atom stereocenters. The number of nitrogens with zero attached hydrogens (tertiary/aromatic N) is 5. The minimum absolute atomic E-state index is 0.123. The van der Waals surface area contributed by atoms with Crippen molar-refractivity contribution in [1.29, 1.82) is 0 Å². The van der Waals surface area contributed by atoms with Gasteiger partial charge in [-0.1, -0.05) is 23.8 Å². The van der Waals surface area contributed by atoms with Crippen LogP contribution in [0.15, 0.2) is 6.07 Å². The summed E-state index contributed by atoms with van der Waals surface area (Å²) in [6.07, 6.45) is 6.78. The van der Waals surface area contributed by atoms with E-state index < -0.39 is 0 Å². The summed E-state index contributed by atoms with van der Waals surface area (Å²) < 4.78 is 5.91.